The summed E-state index contributed by atoms with van der Waals surface area (Å²) >= 11 is 1.52. The maximum absolute atomic E-state index is 11.5. The van der Waals surface area contributed by atoms with E-state index >= 15 is 0 Å². The number of hydrogen-bond acceptors (Lipinski definition) is 6. The number of carbonyl (C=O) groups excluding carboxylic acids is 1. The molecule has 0 spiro atoms. The van der Waals surface area contributed by atoms with Crippen LogP contribution in [0.5, 0.6) is 0 Å². The highest BCUT2D eigenvalue weighted by atomic mass is 32.2. The van der Waals surface area contributed by atoms with Gasteiger partial charge in [-0.2, -0.15) is 0 Å². The molecular weight excluding hydrogens is 268 g/mol. The molecule has 0 radical (unpaired) electrons. The van der Waals surface area contributed by atoms with E-state index in [1.54, 1.807) is 0 Å². The van der Waals surface area contributed by atoms with Gasteiger partial charge in [0.1, 0.15) is 5.76 Å². The van der Waals surface area contributed by atoms with Crippen molar-refractivity contribution in [1.82, 2.24) is 10.5 Å². The van der Waals surface area contributed by atoms with E-state index < -0.39 is 0 Å². The lowest BCUT2D eigenvalue weighted by Gasteiger charge is -2.05. The van der Waals surface area contributed by atoms with Crippen LogP contribution in [-0.4, -0.2) is 48.3 Å². The molecule has 0 atom stereocenters. The Kier molecular flexibility index (Phi) is 7.54. The van der Waals surface area contributed by atoms with Crippen LogP contribution in [-0.2, 0) is 15.3 Å². The number of aryl methyl sites for hydroxylation is 2. The van der Waals surface area contributed by atoms with E-state index in [4.69, 9.17) is 14.4 Å². The highest BCUT2D eigenvalue weighted by Gasteiger charge is 2.09. The lowest BCUT2D eigenvalue weighted by Crippen LogP contribution is -2.29. The molecule has 1 rings (SSSR count). The SMILES string of the molecule is Cc1noc(C)c1CSCC(=O)NCCOCCO. The second-order valence-corrected chi connectivity index (χ2v) is 4.97. The number of thioether (sulfide) groups is 1. The molecule has 1 amide bonds. The summed E-state index contributed by atoms with van der Waals surface area (Å²) in [5.41, 5.74) is 1.94. The zero-order chi connectivity index (χ0) is 14.1. The van der Waals surface area contributed by atoms with E-state index in [1.807, 2.05) is 13.8 Å². The predicted molar refractivity (Wildman–Crippen MR) is 73.1 cm³/mol. The van der Waals surface area contributed by atoms with Crippen molar-refractivity contribution in [3.05, 3.63) is 17.0 Å². The molecule has 0 aliphatic rings. The number of hydrogen-bond donors (Lipinski definition) is 2. The first-order valence-corrected chi connectivity index (χ1v) is 7.25. The number of nitrogens with zero attached hydrogens (tertiary/aromatic N) is 1. The molecule has 1 aromatic rings. The molecule has 6 nitrogen and oxygen atoms in total. The fourth-order valence-corrected chi connectivity index (χ4v) is 2.44. The number of nitrogens with one attached hydrogen (secondary N) is 1. The Morgan fingerprint density at radius 2 is 2.26 bits per heavy atom. The Morgan fingerprint density at radius 1 is 1.47 bits per heavy atom. The van der Waals surface area contributed by atoms with Gasteiger partial charge in [-0.15, -0.1) is 11.8 Å². The van der Waals surface area contributed by atoms with Crippen molar-refractivity contribution in [2.45, 2.75) is 19.6 Å². The van der Waals surface area contributed by atoms with E-state index in [-0.39, 0.29) is 12.5 Å². The first-order valence-electron chi connectivity index (χ1n) is 6.10. The normalized spacial score (nSPS) is 10.7. The number of aliphatic hydroxyl groups excluding tert-OH is 1. The van der Waals surface area contributed by atoms with Crippen LogP contribution < -0.4 is 5.32 Å². The standard InChI is InChI=1S/C12H20N2O4S/c1-9-11(10(2)18-14-9)7-19-8-12(16)13-3-5-17-6-4-15/h15H,3-8H2,1-2H3,(H,13,16). The topological polar surface area (TPSA) is 84.6 Å². The van der Waals surface area contributed by atoms with Crippen LogP contribution in [0.2, 0.25) is 0 Å². The van der Waals surface area contributed by atoms with Crippen molar-refractivity contribution in [2.75, 3.05) is 32.1 Å². The zero-order valence-electron chi connectivity index (χ0n) is 11.3. The molecule has 0 aromatic carbocycles. The average Bonchev–Trinajstić information content (AvgIpc) is 2.70. The van der Waals surface area contributed by atoms with Gasteiger partial charge in [0.15, 0.2) is 0 Å². The maximum Gasteiger partial charge on any atom is 0.230 e. The van der Waals surface area contributed by atoms with Crippen molar-refractivity contribution < 1.29 is 19.2 Å². The molecule has 2 N–H and O–H groups in total. The number of rotatable bonds is 9. The molecule has 0 saturated heterocycles. The summed E-state index contributed by atoms with van der Waals surface area (Å²) in [7, 11) is 0. The molecule has 0 aliphatic heterocycles. The third-order valence-corrected chi connectivity index (χ3v) is 3.42. The van der Waals surface area contributed by atoms with Gasteiger partial charge in [-0.05, 0) is 13.8 Å². The van der Waals surface area contributed by atoms with Gasteiger partial charge in [-0.25, -0.2) is 0 Å². The Balaban J connectivity index is 2.10. The average molecular weight is 288 g/mol. The van der Waals surface area contributed by atoms with E-state index in [2.05, 4.69) is 10.5 Å². The Hall–Kier alpha value is -1.05. The summed E-state index contributed by atoms with van der Waals surface area (Å²) in [6.07, 6.45) is 0. The Labute approximate surface area is 116 Å². The van der Waals surface area contributed by atoms with Crippen molar-refractivity contribution in [3.63, 3.8) is 0 Å². The van der Waals surface area contributed by atoms with Gasteiger partial charge in [0.2, 0.25) is 5.91 Å². The maximum atomic E-state index is 11.5. The molecule has 108 valence electrons. The van der Waals surface area contributed by atoms with Crippen LogP contribution in [0.25, 0.3) is 0 Å². The molecule has 0 bridgehead atoms. The highest BCUT2D eigenvalue weighted by molar-refractivity contribution is 7.99. The second kappa shape index (κ2) is 8.95. The van der Waals surface area contributed by atoms with Gasteiger partial charge in [0.05, 0.1) is 31.3 Å². The summed E-state index contributed by atoms with van der Waals surface area (Å²) in [5.74, 6) is 1.90. The number of carbonyl (C=O) groups is 1. The molecule has 1 aromatic heterocycles. The lowest BCUT2D eigenvalue weighted by atomic mass is 10.2. The first kappa shape index (κ1) is 16.0. The molecule has 0 aliphatic carbocycles. The fourth-order valence-electron chi connectivity index (χ4n) is 1.43. The number of aliphatic hydroxyl groups is 1. The first-order chi connectivity index (χ1) is 9.15. The number of aromatic nitrogens is 1. The van der Waals surface area contributed by atoms with Crippen molar-refractivity contribution >= 4 is 17.7 Å². The molecule has 19 heavy (non-hydrogen) atoms. The third-order valence-electron chi connectivity index (χ3n) is 2.46. The van der Waals surface area contributed by atoms with E-state index in [1.165, 1.54) is 11.8 Å². The van der Waals surface area contributed by atoms with E-state index in [9.17, 15) is 4.79 Å². The van der Waals surface area contributed by atoms with Gasteiger partial charge in [0, 0.05) is 17.9 Å². The Bertz CT molecular complexity index is 376. The Morgan fingerprint density at radius 3 is 2.89 bits per heavy atom. The predicted octanol–water partition coefficient (Wildman–Crippen LogP) is 0.650. The molecule has 0 fully saturated rings. The molecule has 0 saturated carbocycles. The van der Waals surface area contributed by atoms with Crippen molar-refractivity contribution in [2.24, 2.45) is 0 Å². The molecule has 7 heteroatoms. The lowest BCUT2D eigenvalue weighted by molar-refractivity contribution is -0.118. The summed E-state index contributed by atoms with van der Waals surface area (Å²) in [6, 6.07) is 0. The van der Waals surface area contributed by atoms with Crippen LogP contribution in [0.4, 0.5) is 0 Å². The molecular formula is C12H20N2O4S. The highest BCUT2D eigenvalue weighted by Crippen LogP contribution is 2.18. The van der Waals surface area contributed by atoms with Gasteiger partial charge >= 0.3 is 0 Å². The van der Waals surface area contributed by atoms with Crippen LogP contribution in [0.15, 0.2) is 4.52 Å². The molecule has 1 heterocycles. The van der Waals surface area contributed by atoms with Crippen molar-refractivity contribution in [1.29, 1.82) is 0 Å². The van der Waals surface area contributed by atoms with E-state index in [0.717, 1.165) is 22.8 Å². The van der Waals surface area contributed by atoms with Crippen LogP contribution in [0.1, 0.15) is 17.0 Å². The summed E-state index contributed by atoms with van der Waals surface area (Å²) < 4.78 is 10.1. The largest absolute Gasteiger partial charge is 0.394 e. The minimum Gasteiger partial charge on any atom is -0.394 e. The second-order valence-electron chi connectivity index (χ2n) is 3.98. The van der Waals surface area contributed by atoms with Gasteiger partial charge < -0.3 is 19.7 Å². The van der Waals surface area contributed by atoms with E-state index in [0.29, 0.717) is 25.5 Å². The van der Waals surface area contributed by atoms with Crippen LogP contribution in [0.3, 0.4) is 0 Å². The quantitative estimate of drug-likeness (QED) is 0.649. The summed E-state index contributed by atoms with van der Waals surface area (Å²) in [4.78, 5) is 11.5. The minimum atomic E-state index is -0.0237. The van der Waals surface area contributed by atoms with Crippen molar-refractivity contribution in [3.8, 4) is 0 Å². The van der Waals surface area contributed by atoms with Gasteiger partial charge in [0.25, 0.3) is 0 Å². The zero-order valence-corrected chi connectivity index (χ0v) is 12.1. The number of amides is 1. The minimum absolute atomic E-state index is 0.00123. The van der Waals surface area contributed by atoms with Crippen LogP contribution >= 0.6 is 11.8 Å². The summed E-state index contributed by atoms with van der Waals surface area (Å²) in [6.45, 7) is 4.95. The van der Waals surface area contributed by atoms with Gasteiger partial charge in [-0.1, -0.05) is 5.16 Å². The monoisotopic (exact) mass is 288 g/mol. The third kappa shape index (κ3) is 6.09. The number of ether oxygens (including phenoxy) is 1. The summed E-state index contributed by atoms with van der Waals surface area (Å²) in [5, 5.41) is 15.1. The molecule has 0 unspecified atom stereocenters. The smallest absolute Gasteiger partial charge is 0.230 e. The fraction of sp³-hybridized carbons (Fsp3) is 0.667. The van der Waals surface area contributed by atoms with Gasteiger partial charge in [-0.3, -0.25) is 4.79 Å². The van der Waals surface area contributed by atoms with Crippen LogP contribution in [0, 0.1) is 13.8 Å².